The number of piperidine rings is 1. The Balaban J connectivity index is 1.93. The fourth-order valence-electron chi connectivity index (χ4n) is 3.77. The number of anilines is 2. The van der Waals surface area contributed by atoms with Crippen LogP contribution in [0, 0.1) is 5.92 Å². The summed E-state index contributed by atoms with van der Waals surface area (Å²) >= 11 is 5.57. The molecule has 1 atom stereocenters. The molecule has 0 aliphatic carbocycles. The lowest BCUT2D eigenvalue weighted by Crippen LogP contribution is -2.39. The number of alkyl halides is 1. The number of rotatable bonds is 8. The van der Waals surface area contributed by atoms with Gasteiger partial charge in [-0.15, -0.1) is 11.6 Å². The second kappa shape index (κ2) is 10.3. The van der Waals surface area contributed by atoms with E-state index in [1.807, 2.05) is 35.2 Å². The molecule has 2 aromatic carbocycles. The number of amides is 2. The lowest BCUT2D eigenvalue weighted by atomic mass is 9.96. The molecule has 1 heterocycles. The second-order valence-corrected chi connectivity index (χ2v) is 9.73. The molecule has 4 N–H and O–H groups in total. The Morgan fingerprint density at radius 3 is 2.41 bits per heavy atom. The predicted molar refractivity (Wildman–Crippen MR) is 125 cm³/mol. The Bertz CT molecular complexity index is 1070. The first kappa shape index (κ1) is 24.0. The number of nitrogens with zero attached hydrogens (tertiary/aromatic N) is 1. The summed E-state index contributed by atoms with van der Waals surface area (Å²) in [5.41, 5.74) is 7.09. The molecule has 1 aliphatic rings. The summed E-state index contributed by atoms with van der Waals surface area (Å²) in [5, 5.41) is 2.60. The molecule has 0 saturated carbocycles. The van der Waals surface area contributed by atoms with Gasteiger partial charge in [0.05, 0.1) is 5.69 Å². The summed E-state index contributed by atoms with van der Waals surface area (Å²) in [4.78, 5) is 25.2. The molecule has 0 spiro atoms. The minimum atomic E-state index is -3.95. The van der Waals surface area contributed by atoms with Crippen molar-refractivity contribution in [2.45, 2.75) is 30.7 Å². The minimum Gasteiger partial charge on any atom is -0.370 e. The molecule has 8 nitrogen and oxygen atoms in total. The quantitative estimate of drug-likeness (QED) is 0.503. The number of nitrogens with one attached hydrogen (secondary N) is 2. The summed E-state index contributed by atoms with van der Waals surface area (Å²) in [5.74, 6) is -1.23. The zero-order chi connectivity index (χ0) is 23.3. The number of hydrogen-bond acceptors (Lipinski definition) is 5. The van der Waals surface area contributed by atoms with Gasteiger partial charge in [-0.1, -0.05) is 30.3 Å². The van der Waals surface area contributed by atoms with Gasteiger partial charge in [-0.25, -0.2) is 13.1 Å². The Labute approximate surface area is 193 Å². The third kappa shape index (κ3) is 5.79. The molecule has 0 aromatic heterocycles. The Morgan fingerprint density at radius 1 is 1.16 bits per heavy atom. The van der Waals surface area contributed by atoms with Gasteiger partial charge in [0, 0.05) is 30.7 Å². The van der Waals surface area contributed by atoms with Crippen molar-refractivity contribution in [2.75, 3.05) is 29.2 Å². The smallest absolute Gasteiger partial charge is 0.243 e. The van der Waals surface area contributed by atoms with Crippen LogP contribution < -0.4 is 20.7 Å². The maximum atomic E-state index is 13.4. The zero-order valence-electron chi connectivity index (χ0n) is 17.8. The molecule has 2 aromatic rings. The molecule has 32 heavy (non-hydrogen) atoms. The van der Waals surface area contributed by atoms with Gasteiger partial charge in [0.1, 0.15) is 10.8 Å². The lowest BCUT2D eigenvalue weighted by molar-refractivity contribution is -0.122. The van der Waals surface area contributed by atoms with Crippen LogP contribution in [0.1, 0.15) is 31.4 Å². The van der Waals surface area contributed by atoms with E-state index in [-0.39, 0.29) is 22.6 Å². The van der Waals surface area contributed by atoms with Gasteiger partial charge in [-0.2, -0.15) is 0 Å². The lowest BCUT2D eigenvalue weighted by Gasteiger charge is -2.33. The van der Waals surface area contributed by atoms with Gasteiger partial charge in [0.25, 0.3) is 0 Å². The van der Waals surface area contributed by atoms with Crippen molar-refractivity contribution in [1.29, 1.82) is 0 Å². The summed E-state index contributed by atoms with van der Waals surface area (Å²) in [7, 11) is -3.95. The molecule has 2 amide bonds. The van der Waals surface area contributed by atoms with E-state index in [1.165, 1.54) is 6.07 Å². The van der Waals surface area contributed by atoms with E-state index < -0.39 is 22.0 Å². The topological polar surface area (TPSA) is 122 Å². The van der Waals surface area contributed by atoms with Gasteiger partial charge in [-0.3, -0.25) is 9.59 Å². The zero-order valence-corrected chi connectivity index (χ0v) is 19.3. The normalized spacial score (nSPS) is 15.9. The highest BCUT2D eigenvalue weighted by Gasteiger charge is 2.29. The van der Waals surface area contributed by atoms with Crippen LogP contribution in [-0.2, 0) is 19.6 Å². The van der Waals surface area contributed by atoms with Crippen LogP contribution in [0.15, 0.2) is 53.4 Å². The number of carbonyl (C=O) groups is 2. The Morgan fingerprint density at radius 2 is 1.81 bits per heavy atom. The maximum Gasteiger partial charge on any atom is 0.243 e. The number of carbonyl (C=O) groups excluding carboxylic acids is 2. The fourth-order valence-corrected chi connectivity index (χ4v) is 5.32. The van der Waals surface area contributed by atoms with E-state index in [0.717, 1.165) is 5.56 Å². The largest absolute Gasteiger partial charge is 0.370 e. The Kier molecular flexibility index (Phi) is 7.76. The molecule has 3 rings (SSSR count). The molecule has 0 radical (unpaired) electrons. The standard InChI is InChI=1S/C22H27ClN4O4S/c1-15(16-5-3-2-4-6-16)26-32(30,31)20-13-18(25-21(28)14-23)7-8-19(20)27-11-9-17(10-12-27)22(24)29/h2-8,13,15,17,26H,9-12,14H2,1H3,(H2,24,29)(H,25,28)/t15-/m1/s1. The van der Waals surface area contributed by atoms with Crippen molar-refractivity contribution in [2.24, 2.45) is 11.7 Å². The van der Waals surface area contributed by atoms with E-state index in [1.54, 1.807) is 19.1 Å². The molecule has 10 heteroatoms. The summed E-state index contributed by atoms with van der Waals surface area (Å²) in [6.45, 7) is 2.76. The molecule has 1 saturated heterocycles. The molecule has 0 unspecified atom stereocenters. The van der Waals surface area contributed by atoms with Crippen LogP contribution >= 0.6 is 11.6 Å². The van der Waals surface area contributed by atoms with Crippen LogP contribution in [-0.4, -0.2) is 39.2 Å². The highest BCUT2D eigenvalue weighted by Crippen LogP contribution is 2.32. The van der Waals surface area contributed by atoms with Gasteiger partial charge in [0.15, 0.2) is 0 Å². The first-order chi connectivity index (χ1) is 15.2. The van der Waals surface area contributed by atoms with Crippen molar-refractivity contribution in [3.63, 3.8) is 0 Å². The molecule has 0 bridgehead atoms. The summed E-state index contributed by atoms with van der Waals surface area (Å²) in [6.07, 6.45) is 1.10. The van der Waals surface area contributed by atoms with Crippen LogP contribution in [0.2, 0.25) is 0 Å². The highest BCUT2D eigenvalue weighted by molar-refractivity contribution is 7.89. The van der Waals surface area contributed by atoms with E-state index >= 15 is 0 Å². The van der Waals surface area contributed by atoms with Crippen molar-refractivity contribution >= 4 is 44.8 Å². The van der Waals surface area contributed by atoms with E-state index in [0.29, 0.717) is 37.3 Å². The van der Waals surface area contributed by atoms with Crippen LogP contribution in [0.5, 0.6) is 0 Å². The van der Waals surface area contributed by atoms with Crippen molar-refractivity contribution in [1.82, 2.24) is 4.72 Å². The highest BCUT2D eigenvalue weighted by atomic mass is 35.5. The molecular weight excluding hydrogens is 452 g/mol. The number of sulfonamides is 1. The average molecular weight is 479 g/mol. The number of benzene rings is 2. The first-order valence-electron chi connectivity index (χ1n) is 10.3. The SMILES string of the molecule is C[C@@H](NS(=O)(=O)c1cc(NC(=O)CCl)ccc1N1CCC(C(N)=O)CC1)c1ccccc1. The monoisotopic (exact) mass is 478 g/mol. The molecule has 172 valence electrons. The van der Waals surface area contributed by atoms with Crippen molar-refractivity contribution in [3.05, 3.63) is 54.1 Å². The van der Waals surface area contributed by atoms with E-state index in [9.17, 15) is 18.0 Å². The number of hydrogen-bond donors (Lipinski definition) is 3. The summed E-state index contributed by atoms with van der Waals surface area (Å²) in [6, 6.07) is 13.5. The van der Waals surface area contributed by atoms with Crippen LogP contribution in [0.3, 0.4) is 0 Å². The van der Waals surface area contributed by atoms with Gasteiger partial charge >= 0.3 is 0 Å². The molecule has 1 aliphatic heterocycles. The van der Waals surface area contributed by atoms with Crippen LogP contribution in [0.25, 0.3) is 0 Å². The fraction of sp³-hybridized carbons (Fsp3) is 0.364. The first-order valence-corrected chi connectivity index (χ1v) is 12.3. The van der Waals surface area contributed by atoms with Gasteiger partial charge in [-0.05, 0) is 43.5 Å². The Hall–Kier alpha value is -2.62. The number of halogens is 1. The van der Waals surface area contributed by atoms with Crippen LogP contribution in [0.4, 0.5) is 11.4 Å². The second-order valence-electron chi connectivity index (χ2n) is 7.78. The van der Waals surface area contributed by atoms with Gasteiger partial charge < -0.3 is 16.0 Å². The maximum absolute atomic E-state index is 13.4. The van der Waals surface area contributed by atoms with Gasteiger partial charge in [0.2, 0.25) is 21.8 Å². The van der Waals surface area contributed by atoms with Crippen molar-refractivity contribution < 1.29 is 18.0 Å². The predicted octanol–water partition coefficient (Wildman–Crippen LogP) is 2.61. The molecular formula is C22H27ClN4O4S. The third-order valence-electron chi connectivity index (χ3n) is 5.52. The minimum absolute atomic E-state index is 0.0465. The molecule has 1 fully saturated rings. The number of primary amides is 1. The summed E-state index contributed by atoms with van der Waals surface area (Å²) < 4.78 is 29.5. The van der Waals surface area contributed by atoms with Crippen molar-refractivity contribution in [3.8, 4) is 0 Å². The average Bonchev–Trinajstić information content (AvgIpc) is 2.79. The third-order valence-corrected chi connectivity index (χ3v) is 7.34. The number of nitrogens with two attached hydrogens (primary N) is 1. The van der Waals surface area contributed by atoms with E-state index in [2.05, 4.69) is 10.0 Å². The van der Waals surface area contributed by atoms with E-state index in [4.69, 9.17) is 17.3 Å².